The fourth-order valence-corrected chi connectivity index (χ4v) is 10.4. The van der Waals surface area contributed by atoms with E-state index in [9.17, 15) is 19.8 Å². The first-order valence-corrected chi connectivity index (χ1v) is 15.7. The quantitative estimate of drug-likeness (QED) is 0.373. The lowest BCUT2D eigenvalue weighted by Crippen LogP contribution is -2.63. The molecule has 4 saturated carbocycles. The smallest absolute Gasteiger partial charge is 0.331 e. The summed E-state index contributed by atoms with van der Waals surface area (Å²) in [6, 6.07) is 0. The Morgan fingerprint density at radius 2 is 1.83 bits per heavy atom. The van der Waals surface area contributed by atoms with Crippen molar-refractivity contribution in [2.24, 2.45) is 34.5 Å². The number of ether oxygens (including phenoxy) is 5. The molecule has 5 fully saturated rings. The van der Waals surface area contributed by atoms with Gasteiger partial charge in [-0.15, -0.1) is 0 Å². The van der Waals surface area contributed by atoms with E-state index >= 15 is 0 Å². The van der Waals surface area contributed by atoms with Gasteiger partial charge in [0.05, 0.1) is 17.8 Å². The fraction of sp³-hybridized carbons (Fsp3) is 0.875. The SMILES string of the molecule is COC1C(O)C(C)OC(OC2CCC3(C)C(CCC4C3CCC3(C)C(C5=CC(=O)OC5)CCC43O)C2)C1OC(C)=O. The first kappa shape index (κ1) is 29.5. The van der Waals surface area contributed by atoms with E-state index in [1.165, 1.54) is 14.0 Å². The van der Waals surface area contributed by atoms with Crippen LogP contribution in [0.4, 0.5) is 0 Å². The molecule has 4 aliphatic carbocycles. The molecular formula is C32H48O9. The Hall–Kier alpha value is -1.52. The summed E-state index contributed by atoms with van der Waals surface area (Å²) in [6.07, 6.45) is 6.35. The molecular weight excluding hydrogens is 528 g/mol. The number of hydrogen-bond acceptors (Lipinski definition) is 9. The number of aliphatic hydroxyl groups is 2. The summed E-state index contributed by atoms with van der Waals surface area (Å²) in [6.45, 7) is 8.19. The number of hydrogen-bond donors (Lipinski definition) is 2. The van der Waals surface area contributed by atoms with Gasteiger partial charge in [-0.3, -0.25) is 4.79 Å². The van der Waals surface area contributed by atoms with Crippen LogP contribution in [0.5, 0.6) is 0 Å². The number of carbonyl (C=O) groups is 2. The molecule has 9 nitrogen and oxygen atoms in total. The van der Waals surface area contributed by atoms with Crippen LogP contribution in [0.1, 0.15) is 85.5 Å². The molecule has 13 unspecified atom stereocenters. The van der Waals surface area contributed by atoms with E-state index in [-0.39, 0.29) is 34.7 Å². The van der Waals surface area contributed by atoms with E-state index in [2.05, 4.69) is 13.8 Å². The highest BCUT2D eigenvalue weighted by Gasteiger charge is 2.67. The van der Waals surface area contributed by atoms with Crippen molar-refractivity contribution < 1.29 is 43.5 Å². The predicted molar refractivity (Wildman–Crippen MR) is 147 cm³/mol. The lowest BCUT2D eigenvalue weighted by atomic mass is 9.43. The summed E-state index contributed by atoms with van der Waals surface area (Å²) in [5, 5.41) is 23.1. The van der Waals surface area contributed by atoms with E-state index in [1.54, 1.807) is 13.0 Å². The highest BCUT2D eigenvalue weighted by atomic mass is 16.7. The van der Waals surface area contributed by atoms with Gasteiger partial charge in [-0.1, -0.05) is 13.8 Å². The van der Waals surface area contributed by atoms with Gasteiger partial charge in [0.1, 0.15) is 18.8 Å². The molecule has 2 aliphatic heterocycles. The second-order valence-electron chi connectivity index (χ2n) is 14.3. The maximum absolute atomic E-state index is 12.5. The number of carbonyl (C=O) groups excluding carboxylic acids is 2. The summed E-state index contributed by atoms with van der Waals surface area (Å²) < 4.78 is 28.9. The molecule has 0 amide bonds. The van der Waals surface area contributed by atoms with Gasteiger partial charge in [-0.25, -0.2) is 4.79 Å². The molecule has 6 aliphatic rings. The van der Waals surface area contributed by atoms with Gasteiger partial charge in [0.2, 0.25) is 0 Å². The Bertz CT molecular complexity index is 1080. The molecule has 9 heteroatoms. The van der Waals surface area contributed by atoms with Crippen molar-refractivity contribution >= 4 is 11.9 Å². The second kappa shape index (κ2) is 10.6. The zero-order valence-electron chi connectivity index (χ0n) is 25.2. The maximum atomic E-state index is 12.5. The Morgan fingerprint density at radius 3 is 2.51 bits per heavy atom. The zero-order valence-corrected chi connectivity index (χ0v) is 25.2. The number of cyclic esters (lactones) is 1. The van der Waals surface area contributed by atoms with E-state index < -0.39 is 42.3 Å². The first-order chi connectivity index (χ1) is 19.4. The van der Waals surface area contributed by atoms with Gasteiger partial charge in [-0.05, 0) is 99.4 Å². The largest absolute Gasteiger partial charge is 0.458 e. The average molecular weight is 577 g/mol. The summed E-state index contributed by atoms with van der Waals surface area (Å²) in [7, 11) is 1.50. The topological polar surface area (TPSA) is 121 Å². The van der Waals surface area contributed by atoms with Gasteiger partial charge in [0, 0.05) is 25.5 Å². The second-order valence-corrected chi connectivity index (χ2v) is 14.3. The third-order valence-corrected chi connectivity index (χ3v) is 12.6. The van der Waals surface area contributed by atoms with Crippen molar-refractivity contribution in [1.29, 1.82) is 0 Å². The third-order valence-electron chi connectivity index (χ3n) is 12.6. The lowest BCUT2D eigenvalue weighted by molar-refractivity contribution is -0.315. The monoisotopic (exact) mass is 576 g/mol. The van der Waals surface area contributed by atoms with Crippen LogP contribution in [-0.4, -0.2) is 78.3 Å². The average Bonchev–Trinajstić information content (AvgIpc) is 3.46. The Labute approximate surface area is 243 Å². The van der Waals surface area contributed by atoms with Crippen molar-refractivity contribution in [3.05, 3.63) is 11.6 Å². The Morgan fingerprint density at radius 1 is 1.05 bits per heavy atom. The van der Waals surface area contributed by atoms with Crippen molar-refractivity contribution in [2.75, 3.05) is 13.7 Å². The molecule has 230 valence electrons. The summed E-state index contributed by atoms with van der Waals surface area (Å²) in [5.74, 6) is 0.650. The molecule has 0 aromatic heterocycles. The van der Waals surface area contributed by atoms with E-state index in [0.717, 1.165) is 63.4 Å². The van der Waals surface area contributed by atoms with Crippen LogP contribution in [0.2, 0.25) is 0 Å². The first-order valence-electron chi connectivity index (χ1n) is 15.7. The van der Waals surface area contributed by atoms with Crippen molar-refractivity contribution in [3.63, 3.8) is 0 Å². The van der Waals surface area contributed by atoms with Crippen molar-refractivity contribution in [3.8, 4) is 0 Å². The van der Waals surface area contributed by atoms with Crippen LogP contribution < -0.4 is 0 Å². The molecule has 0 radical (unpaired) electrons. The molecule has 6 rings (SSSR count). The zero-order chi connectivity index (χ0) is 29.3. The van der Waals surface area contributed by atoms with Gasteiger partial charge in [0.15, 0.2) is 12.4 Å². The molecule has 2 N–H and O–H groups in total. The van der Waals surface area contributed by atoms with Crippen molar-refractivity contribution in [1.82, 2.24) is 0 Å². The number of rotatable bonds is 5. The lowest BCUT2D eigenvalue weighted by Gasteiger charge is -2.64. The highest BCUT2D eigenvalue weighted by Crippen LogP contribution is 2.70. The number of aliphatic hydroxyl groups excluding tert-OH is 1. The van der Waals surface area contributed by atoms with E-state index in [4.69, 9.17) is 23.7 Å². The molecule has 41 heavy (non-hydrogen) atoms. The van der Waals surface area contributed by atoms with Crippen LogP contribution in [0.15, 0.2) is 11.6 Å². The van der Waals surface area contributed by atoms with Crippen LogP contribution in [0, 0.1) is 34.5 Å². The third kappa shape index (κ3) is 4.60. The van der Waals surface area contributed by atoms with Gasteiger partial charge < -0.3 is 33.9 Å². The molecule has 13 atom stereocenters. The van der Waals surface area contributed by atoms with Gasteiger partial charge in [0.25, 0.3) is 0 Å². The number of methoxy groups -OCH3 is 1. The molecule has 0 aromatic carbocycles. The van der Waals surface area contributed by atoms with Crippen molar-refractivity contribution in [2.45, 2.75) is 128 Å². The summed E-state index contributed by atoms with van der Waals surface area (Å²) >= 11 is 0. The molecule has 1 saturated heterocycles. The normalized spacial score (nSPS) is 51.2. The van der Waals surface area contributed by atoms with Crippen LogP contribution in [0.25, 0.3) is 0 Å². The Balaban J connectivity index is 1.16. The summed E-state index contributed by atoms with van der Waals surface area (Å²) in [4.78, 5) is 23.7. The van der Waals surface area contributed by atoms with Gasteiger partial charge in [-0.2, -0.15) is 0 Å². The number of esters is 2. The molecule has 0 aromatic rings. The Kier molecular flexibility index (Phi) is 7.62. The molecule has 0 spiro atoms. The van der Waals surface area contributed by atoms with Crippen LogP contribution in [0.3, 0.4) is 0 Å². The fourth-order valence-electron chi connectivity index (χ4n) is 10.4. The molecule has 0 bridgehead atoms. The number of fused-ring (bicyclic) bond motifs is 5. The van der Waals surface area contributed by atoms with Gasteiger partial charge >= 0.3 is 11.9 Å². The standard InChI is InChI=1S/C32H48O9/c1-17-26(35)27(37-5)28(40-18(2)33)29(39-17)41-21-8-11-30(3)20(15-21)6-7-24-23(30)9-12-31(4)22(10-13-32(24,31)36)19-14-25(34)38-16-19/h14,17,20-24,26-29,35-36H,6-13,15-16H2,1-5H3. The minimum absolute atomic E-state index is 0.0488. The minimum atomic E-state index is -0.926. The maximum Gasteiger partial charge on any atom is 0.331 e. The predicted octanol–water partition coefficient (Wildman–Crippen LogP) is 3.68. The van der Waals surface area contributed by atoms with E-state index in [1.807, 2.05) is 0 Å². The molecule has 2 heterocycles. The highest BCUT2D eigenvalue weighted by molar-refractivity contribution is 5.85. The van der Waals surface area contributed by atoms with Crippen LogP contribution in [-0.2, 0) is 33.3 Å². The van der Waals surface area contributed by atoms with E-state index in [0.29, 0.717) is 18.4 Å². The van der Waals surface area contributed by atoms with Crippen LogP contribution >= 0.6 is 0 Å². The summed E-state index contributed by atoms with van der Waals surface area (Å²) in [5.41, 5.74) is 0.221. The minimum Gasteiger partial charge on any atom is -0.458 e.